The van der Waals surface area contributed by atoms with Crippen molar-refractivity contribution in [2.24, 2.45) is 11.3 Å². The summed E-state index contributed by atoms with van der Waals surface area (Å²) in [5.74, 6) is -0.499. The van der Waals surface area contributed by atoms with Gasteiger partial charge in [-0.3, -0.25) is 4.79 Å². The van der Waals surface area contributed by atoms with Crippen molar-refractivity contribution in [1.29, 1.82) is 0 Å². The highest BCUT2D eigenvalue weighted by molar-refractivity contribution is 7.87. The van der Waals surface area contributed by atoms with E-state index in [1.807, 2.05) is 0 Å². The number of hydrogen-bond acceptors (Lipinski definition) is 4. The molecule has 27 heavy (non-hydrogen) atoms. The number of hydrogen-bond donors (Lipinski definition) is 2. The van der Waals surface area contributed by atoms with Crippen LogP contribution in [-0.2, 0) is 19.7 Å². The molecule has 4 rings (SSSR count). The van der Waals surface area contributed by atoms with Crippen LogP contribution in [0.4, 0.5) is 10.1 Å². The predicted molar refractivity (Wildman–Crippen MR) is 104 cm³/mol. The molecule has 2 N–H and O–H groups in total. The number of fused-ring (bicyclic) bond motifs is 1. The summed E-state index contributed by atoms with van der Waals surface area (Å²) < 4.78 is 47.7. The van der Waals surface area contributed by atoms with E-state index < -0.39 is 15.6 Å². The molecule has 1 aromatic rings. The van der Waals surface area contributed by atoms with Crippen LogP contribution < -0.4 is 10.0 Å². The monoisotopic (exact) mass is 417 g/mol. The average molecular weight is 418 g/mol. The summed E-state index contributed by atoms with van der Waals surface area (Å²) in [4.78, 5) is 12.7. The Kier molecular flexibility index (Phi) is 5.57. The fourth-order valence-electron chi connectivity index (χ4n) is 3.86. The second-order valence-corrected chi connectivity index (χ2v) is 9.15. The van der Waals surface area contributed by atoms with Gasteiger partial charge in [0, 0.05) is 31.4 Å². The number of ether oxygens (including phenoxy) is 1. The summed E-state index contributed by atoms with van der Waals surface area (Å²) in [5.41, 5.74) is 0.297. The molecule has 0 bridgehead atoms. The highest BCUT2D eigenvalue weighted by Gasteiger charge is 2.66. The predicted octanol–water partition coefficient (Wildman–Crippen LogP) is 1.13. The van der Waals surface area contributed by atoms with E-state index in [0.29, 0.717) is 43.9 Å². The number of anilines is 1. The summed E-state index contributed by atoms with van der Waals surface area (Å²) in [6, 6.07) is 4.20. The molecular weight excluding hydrogens is 393 g/mol. The van der Waals surface area contributed by atoms with E-state index in [1.165, 1.54) is 16.4 Å². The first kappa shape index (κ1) is 20.5. The zero-order chi connectivity index (χ0) is 18.5. The Morgan fingerprint density at radius 1 is 1.41 bits per heavy atom. The average Bonchev–Trinajstić information content (AvgIpc) is 2.94. The number of carbonyl (C=O) groups is 1. The zero-order valence-electron chi connectivity index (χ0n) is 15.0. The number of benzene rings is 1. The van der Waals surface area contributed by atoms with E-state index in [0.717, 1.165) is 0 Å². The lowest BCUT2D eigenvalue weighted by Crippen LogP contribution is -2.46. The minimum atomic E-state index is -3.63. The molecular formula is C17H24FN3O4S2. The van der Waals surface area contributed by atoms with Crippen molar-refractivity contribution in [3.8, 4) is 0 Å². The number of piperidine rings is 1. The summed E-state index contributed by atoms with van der Waals surface area (Å²) in [6.45, 7) is 3.09. The van der Waals surface area contributed by atoms with Crippen molar-refractivity contribution in [2.75, 3.05) is 31.6 Å². The molecule has 150 valence electrons. The van der Waals surface area contributed by atoms with Crippen molar-refractivity contribution in [3.05, 3.63) is 29.6 Å². The Balaban J connectivity index is 0.00000210. The number of nitrogens with one attached hydrogen (secondary N) is 2. The van der Waals surface area contributed by atoms with Crippen LogP contribution in [0.5, 0.6) is 0 Å². The highest BCUT2D eigenvalue weighted by Crippen LogP contribution is 2.58. The van der Waals surface area contributed by atoms with Crippen LogP contribution in [0.2, 0.25) is 0 Å². The zero-order valence-corrected chi connectivity index (χ0v) is 16.8. The maximum Gasteiger partial charge on any atom is 0.279 e. The number of halogens is 1. The molecule has 3 aliphatic rings. The smallest absolute Gasteiger partial charge is 0.279 e. The molecule has 1 aliphatic carbocycles. The van der Waals surface area contributed by atoms with Crippen LogP contribution in [0.1, 0.15) is 18.4 Å². The van der Waals surface area contributed by atoms with Crippen LogP contribution in [0, 0.1) is 24.1 Å². The summed E-state index contributed by atoms with van der Waals surface area (Å²) in [6.07, 6.45) is 1.34. The SMILES string of the molecule is Cc1cc(NC(=O)C23CC2CN(S(=O)(=O)N[C@H]2CCOC2)C3)ccc1F.S. The van der Waals surface area contributed by atoms with E-state index in [4.69, 9.17) is 4.74 Å². The van der Waals surface area contributed by atoms with Gasteiger partial charge in [0.1, 0.15) is 5.82 Å². The maximum absolute atomic E-state index is 13.4. The van der Waals surface area contributed by atoms with Gasteiger partial charge in [-0.2, -0.15) is 30.9 Å². The van der Waals surface area contributed by atoms with Gasteiger partial charge in [0.15, 0.2) is 0 Å². The van der Waals surface area contributed by atoms with Crippen molar-refractivity contribution >= 4 is 35.3 Å². The Morgan fingerprint density at radius 3 is 2.85 bits per heavy atom. The Bertz CT molecular complexity index is 845. The first-order chi connectivity index (χ1) is 12.3. The standard InChI is InChI=1S/C17H22FN3O4S.H2S/c1-11-6-13(2-3-15(11)18)19-16(22)17-7-12(17)8-21(10-17)26(23,24)20-14-4-5-25-9-14;/h2-3,6,12,14,20H,4-5,7-10H2,1H3,(H,19,22);1H2/t12?,14-,17?;/m0./s1. The van der Waals surface area contributed by atoms with Crippen molar-refractivity contribution in [2.45, 2.75) is 25.8 Å². The van der Waals surface area contributed by atoms with Gasteiger partial charge in [-0.05, 0) is 49.4 Å². The Labute approximate surface area is 165 Å². The third-order valence-electron chi connectivity index (χ3n) is 5.57. The Hall–Kier alpha value is -1.20. The molecule has 2 heterocycles. The lowest BCUT2D eigenvalue weighted by Gasteiger charge is -2.22. The largest absolute Gasteiger partial charge is 0.380 e. The molecule has 7 nitrogen and oxygen atoms in total. The van der Waals surface area contributed by atoms with E-state index in [1.54, 1.807) is 13.0 Å². The number of rotatable bonds is 5. The molecule has 2 unspecified atom stereocenters. The highest BCUT2D eigenvalue weighted by atomic mass is 32.2. The summed E-state index contributed by atoms with van der Waals surface area (Å²) in [7, 11) is -3.63. The van der Waals surface area contributed by atoms with Crippen molar-refractivity contribution in [3.63, 3.8) is 0 Å². The number of nitrogens with zero attached hydrogens (tertiary/aromatic N) is 1. The van der Waals surface area contributed by atoms with Gasteiger partial charge in [-0.1, -0.05) is 0 Å². The van der Waals surface area contributed by atoms with E-state index in [-0.39, 0.29) is 43.7 Å². The third-order valence-corrected chi connectivity index (χ3v) is 7.16. The Morgan fingerprint density at radius 2 is 2.19 bits per heavy atom. The fraction of sp³-hybridized carbons (Fsp3) is 0.588. The topological polar surface area (TPSA) is 87.7 Å². The van der Waals surface area contributed by atoms with Crippen LogP contribution in [-0.4, -0.2) is 51.0 Å². The van der Waals surface area contributed by atoms with Gasteiger partial charge >= 0.3 is 0 Å². The molecule has 0 radical (unpaired) electrons. The normalized spacial score (nSPS) is 29.9. The number of carbonyl (C=O) groups excluding carboxylic acids is 1. The van der Waals surface area contributed by atoms with E-state index in [2.05, 4.69) is 10.0 Å². The van der Waals surface area contributed by atoms with Gasteiger partial charge in [-0.25, -0.2) is 4.39 Å². The van der Waals surface area contributed by atoms with Crippen LogP contribution in [0.15, 0.2) is 18.2 Å². The minimum absolute atomic E-state index is 0. The molecule has 1 aromatic carbocycles. The fourth-order valence-corrected chi connectivity index (χ4v) is 5.40. The summed E-state index contributed by atoms with van der Waals surface area (Å²) >= 11 is 0. The summed E-state index contributed by atoms with van der Waals surface area (Å²) in [5, 5.41) is 2.81. The van der Waals surface area contributed by atoms with Crippen LogP contribution in [0.3, 0.4) is 0 Å². The third kappa shape index (κ3) is 3.86. The number of amides is 1. The molecule has 1 saturated carbocycles. The van der Waals surface area contributed by atoms with Crippen molar-refractivity contribution in [1.82, 2.24) is 9.03 Å². The molecule has 1 amide bonds. The van der Waals surface area contributed by atoms with Crippen LogP contribution >= 0.6 is 13.5 Å². The van der Waals surface area contributed by atoms with E-state index in [9.17, 15) is 17.6 Å². The lowest BCUT2D eigenvalue weighted by molar-refractivity contribution is -0.121. The van der Waals surface area contributed by atoms with E-state index >= 15 is 0 Å². The van der Waals surface area contributed by atoms with Gasteiger partial charge in [0.2, 0.25) is 5.91 Å². The molecule has 0 aromatic heterocycles. The van der Waals surface area contributed by atoms with Gasteiger partial charge in [-0.15, -0.1) is 0 Å². The molecule has 2 aliphatic heterocycles. The van der Waals surface area contributed by atoms with Crippen LogP contribution in [0.25, 0.3) is 0 Å². The molecule has 2 saturated heterocycles. The quantitative estimate of drug-likeness (QED) is 0.752. The van der Waals surface area contributed by atoms with Gasteiger partial charge in [0.05, 0.1) is 12.0 Å². The molecule has 3 atom stereocenters. The first-order valence-electron chi connectivity index (χ1n) is 8.73. The molecule has 3 fully saturated rings. The number of aryl methyl sites for hydroxylation is 1. The lowest BCUT2D eigenvalue weighted by atomic mass is 10.1. The molecule has 10 heteroatoms. The van der Waals surface area contributed by atoms with Crippen molar-refractivity contribution < 1.29 is 22.3 Å². The minimum Gasteiger partial charge on any atom is -0.380 e. The van der Waals surface area contributed by atoms with Gasteiger partial charge < -0.3 is 10.1 Å². The molecule has 0 spiro atoms. The second-order valence-electron chi connectivity index (χ2n) is 7.45. The maximum atomic E-state index is 13.4. The first-order valence-corrected chi connectivity index (χ1v) is 10.2. The second kappa shape index (κ2) is 7.32. The van der Waals surface area contributed by atoms with Gasteiger partial charge in [0.25, 0.3) is 10.2 Å².